The monoisotopic (exact) mass is 489 g/mol. The van der Waals surface area contributed by atoms with E-state index >= 15 is 0 Å². The van der Waals surface area contributed by atoms with E-state index in [2.05, 4.69) is 53.2 Å². The number of nitrogens with zero attached hydrogens (tertiary/aromatic N) is 7. The summed E-state index contributed by atoms with van der Waals surface area (Å²) in [6, 6.07) is 8.39. The van der Waals surface area contributed by atoms with Crippen molar-refractivity contribution in [3.63, 3.8) is 0 Å². The maximum Gasteiger partial charge on any atom is 0.147 e. The minimum Gasteiger partial charge on any atom is -0.353 e. The van der Waals surface area contributed by atoms with Gasteiger partial charge in [-0.3, -0.25) is 24.5 Å². The minimum atomic E-state index is 0.833. The van der Waals surface area contributed by atoms with Gasteiger partial charge in [0.1, 0.15) is 17.8 Å². The van der Waals surface area contributed by atoms with E-state index in [4.69, 9.17) is 4.98 Å². The number of rotatable bonds is 5. The van der Waals surface area contributed by atoms with E-state index in [1.165, 1.54) is 24.8 Å². The molecule has 1 aliphatic rings. The number of fused-ring (bicyclic) bond motifs is 2. The van der Waals surface area contributed by atoms with E-state index in [1.54, 1.807) is 6.33 Å². The quantitative estimate of drug-likeness (QED) is 0.351. The van der Waals surface area contributed by atoms with Gasteiger partial charge in [-0.05, 0) is 62.7 Å². The van der Waals surface area contributed by atoms with Crippen molar-refractivity contribution in [3.05, 3.63) is 72.8 Å². The van der Waals surface area contributed by atoms with Crippen LogP contribution in [0.25, 0.3) is 50.3 Å². The summed E-state index contributed by atoms with van der Waals surface area (Å²) in [5.41, 5.74) is 7.71. The van der Waals surface area contributed by atoms with Crippen LogP contribution in [-0.4, -0.2) is 57.7 Å². The van der Waals surface area contributed by atoms with Gasteiger partial charge in [0.25, 0.3) is 0 Å². The lowest BCUT2D eigenvalue weighted by Crippen LogP contribution is -2.29. The highest BCUT2D eigenvalue weighted by Crippen LogP contribution is 2.32. The third-order valence-corrected chi connectivity index (χ3v) is 7.13. The second-order valence-electron chi connectivity index (χ2n) is 9.81. The minimum absolute atomic E-state index is 0.833. The summed E-state index contributed by atoms with van der Waals surface area (Å²) in [5.74, 6) is 0.833. The molecular formula is C28H27N9. The molecule has 0 amide bonds. The Balaban J connectivity index is 1.26. The number of hydrogen-bond donors (Lipinski definition) is 2. The molecule has 0 unspecified atom stereocenters. The van der Waals surface area contributed by atoms with Gasteiger partial charge in [0.2, 0.25) is 0 Å². The number of H-pyrrole nitrogens is 2. The zero-order chi connectivity index (χ0) is 24.8. The summed E-state index contributed by atoms with van der Waals surface area (Å²) in [7, 11) is 0. The maximum atomic E-state index is 4.72. The number of hydrogen-bond acceptors (Lipinski definition) is 6. The molecular weight excluding hydrogens is 462 g/mol. The second-order valence-corrected chi connectivity index (χ2v) is 9.81. The molecule has 0 aliphatic carbocycles. The van der Waals surface area contributed by atoms with Gasteiger partial charge in [-0.15, -0.1) is 0 Å². The number of pyridine rings is 3. The Morgan fingerprint density at radius 1 is 0.919 bits per heavy atom. The first-order valence-electron chi connectivity index (χ1n) is 12.7. The summed E-state index contributed by atoms with van der Waals surface area (Å²) in [6.07, 6.45) is 15.2. The summed E-state index contributed by atoms with van der Waals surface area (Å²) in [6.45, 7) is 5.23. The molecule has 7 heterocycles. The number of aromatic nitrogens is 8. The fourth-order valence-corrected chi connectivity index (χ4v) is 5.28. The molecule has 0 spiro atoms. The first kappa shape index (κ1) is 21.9. The van der Waals surface area contributed by atoms with E-state index in [0.29, 0.717) is 0 Å². The van der Waals surface area contributed by atoms with Gasteiger partial charge in [-0.2, -0.15) is 5.10 Å². The third-order valence-electron chi connectivity index (χ3n) is 7.13. The molecule has 0 bridgehead atoms. The average molecular weight is 490 g/mol. The SMILES string of the molecule is Cc1cn(-c2nccc3[nH]c(-c4n[nH]c5cnc(-c6cncc(CN7CCCCC7)c6)cc45)cc23)cn1. The van der Waals surface area contributed by atoms with Crippen molar-refractivity contribution in [2.45, 2.75) is 32.7 Å². The Morgan fingerprint density at radius 3 is 2.70 bits per heavy atom. The average Bonchev–Trinajstić information content (AvgIpc) is 3.66. The molecule has 6 aromatic rings. The smallest absolute Gasteiger partial charge is 0.147 e. The molecule has 6 aromatic heterocycles. The number of likely N-dealkylation sites (tertiary alicyclic amines) is 1. The molecule has 0 atom stereocenters. The van der Waals surface area contributed by atoms with Gasteiger partial charge in [0.05, 0.1) is 34.3 Å². The van der Waals surface area contributed by atoms with E-state index < -0.39 is 0 Å². The van der Waals surface area contributed by atoms with E-state index in [1.807, 2.05) is 48.5 Å². The van der Waals surface area contributed by atoms with E-state index in [9.17, 15) is 0 Å². The molecule has 1 aliphatic heterocycles. The fourth-order valence-electron chi connectivity index (χ4n) is 5.28. The number of nitrogens with one attached hydrogen (secondary N) is 2. The van der Waals surface area contributed by atoms with Crippen LogP contribution in [0.15, 0.2) is 61.6 Å². The van der Waals surface area contributed by atoms with Crippen LogP contribution in [0.2, 0.25) is 0 Å². The Bertz CT molecular complexity index is 1720. The van der Waals surface area contributed by atoms with Gasteiger partial charge in [-0.25, -0.2) is 9.97 Å². The van der Waals surface area contributed by atoms with Crippen LogP contribution in [0.5, 0.6) is 0 Å². The van der Waals surface area contributed by atoms with Crippen molar-refractivity contribution in [1.29, 1.82) is 0 Å². The molecule has 7 rings (SSSR count). The van der Waals surface area contributed by atoms with Gasteiger partial charge in [0.15, 0.2) is 0 Å². The van der Waals surface area contributed by atoms with Gasteiger partial charge < -0.3 is 4.98 Å². The van der Waals surface area contributed by atoms with Gasteiger partial charge in [-0.1, -0.05) is 6.42 Å². The Kier molecular flexibility index (Phi) is 5.28. The Labute approximate surface area is 213 Å². The molecule has 1 fully saturated rings. The molecule has 9 nitrogen and oxygen atoms in total. The lowest BCUT2D eigenvalue weighted by Gasteiger charge is -2.26. The van der Waals surface area contributed by atoms with Crippen molar-refractivity contribution in [2.24, 2.45) is 0 Å². The van der Waals surface area contributed by atoms with Crippen LogP contribution < -0.4 is 0 Å². The molecule has 37 heavy (non-hydrogen) atoms. The Hall–Kier alpha value is -4.37. The summed E-state index contributed by atoms with van der Waals surface area (Å²) in [4.78, 5) is 24.2. The van der Waals surface area contributed by atoms with Crippen molar-refractivity contribution in [1.82, 2.24) is 44.6 Å². The number of piperidine rings is 1. The number of aryl methyl sites for hydroxylation is 1. The highest BCUT2D eigenvalue weighted by atomic mass is 15.1. The summed E-state index contributed by atoms with van der Waals surface area (Å²) >= 11 is 0. The van der Waals surface area contributed by atoms with Crippen LogP contribution in [-0.2, 0) is 6.54 Å². The zero-order valence-electron chi connectivity index (χ0n) is 20.6. The fraction of sp³-hybridized carbons (Fsp3) is 0.250. The number of imidazole rings is 1. The third kappa shape index (κ3) is 4.07. The van der Waals surface area contributed by atoms with Gasteiger partial charge >= 0.3 is 0 Å². The normalized spacial score (nSPS) is 14.6. The molecule has 9 heteroatoms. The van der Waals surface area contributed by atoms with Crippen molar-refractivity contribution in [2.75, 3.05) is 13.1 Å². The summed E-state index contributed by atoms with van der Waals surface area (Å²) < 4.78 is 1.95. The highest BCUT2D eigenvalue weighted by molar-refractivity contribution is 5.98. The Morgan fingerprint density at radius 2 is 1.84 bits per heavy atom. The predicted octanol–water partition coefficient (Wildman–Crippen LogP) is 5.04. The highest BCUT2D eigenvalue weighted by Gasteiger charge is 2.16. The first-order valence-corrected chi connectivity index (χ1v) is 12.7. The lowest BCUT2D eigenvalue weighted by atomic mass is 10.1. The topological polar surface area (TPSA) is 104 Å². The van der Waals surface area contributed by atoms with E-state index in [-0.39, 0.29) is 0 Å². The van der Waals surface area contributed by atoms with Gasteiger partial charge in [0, 0.05) is 47.7 Å². The molecule has 0 aromatic carbocycles. The maximum absolute atomic E-state index is 4.72. The first-order chi connectivity index (χ1) is 18.2. The molecule has 0 radical (unpaired) electrons. The van der Waals surface area contributed by atoms with Crippen molar-refractivity contribution in [3.8, 4) is 28.5 Å². The van der Waals surface area contributed by atoms with Crippen LogP contribution in [0, 0.1) is 6.92 Å². The second kappa shape index (κ2) is 8.94. The molecule has 184 valence electrons. The molecule has 1 saturated heterocycles. The van der Waals surface area contributed by atoms with E-state index in [0.717, 1.165) is 75.6 Å². The zero-order valence-corrected chi connectivity index (χ0v) is 20.6. The largest absolute Gasteiger partial charge is 0.353 e. The standard InChI is InChI=1S/C28H27N9/c1-18-15-37(17-32-18)28-22-11-25(33-23(22)5-6-30-28)27-21-10-24(31-14-26(21)34-35-27)20-9-19(12-29-13-20)16-36-7-3-2-4-8-36/h5-6,9-15,17,33H,2-4,7-8,16H2,1H3,(H,34,35). The molecule has 0 saturated carbocycles. The van der Waals surface area contributed by atoms with Crippen LogP contribution in [0.3, 0.4) is 0 Å². The lowest BCUT2D eigenvalue weighted by molar-refractivity contribution is 0.220. The predicted molar refractivity (Wildman–Crippen MR) is 143 cm³/mol. The van der Waals surface area contributed by atoms with Crippen molar-refractivity contribution >= 4 is 21.8 Å². The number of aromatic amines is 2. The van der Waals surface area contributed by atoms with Crippen LogP contribution in [0.4, 0.5) is 0 Å². The molecule has 2 N–H and O–H groups in total. The van der Waals surface area contributed by atoms with Crippen molar-refractivity contribution < 1.29 is 0 Å². The van der Waals surface area contributed by atoms with Crippen LogP contribution in [0.1, 0.15) is 30.5 Å². The van der Waals surface area contributed by atoms with Crippen LogP contribution >= 0.6 is 0 Å². The summed E-state index contributed by atoms with van der Waals surface area (Å²) in [5, 5.41) is 9.79.